The summed E-state index contributed by atoms with van der Waals surface area (Å²) in [6.45, 7) is 6.59. The van der Waals surface area contributed by atoms with E-state index >= 15 is 4.39 Å². The van der Waals surface area contributed by atoms with Crippen LogP contribution in [0.2, 0.25) is 0 Å². The van der Waals surface area contributed by atoms with E-state index in [2.05, 4.69) is 14.9 Å². The van der Waals surface area contributed by atoms with Crippen molar-refractivity contribution in [2.24, 2.45) is 5.41 Å². The number of nitrogens with one attached hydrogen (secondary N) is 1. The van der Waals surface area contributed by atoms with Gasteiger partial charge in [-0.25, -0.2) is 4.39 Å². The molecule has 204 valence electrons. The number of hydrogen-bond donors (Lipinski definition) is 1. The molecule has 0 atom stereocenters. The lowest BCUT2D eigenvalue weighted by atomic mass is 10.00. The molecule has 1 aliphatic carbocycles. The van der Waals surface area contributed by atoms with Gasteiger partial charge in [0.2, 0.25) is 0 Å². The number of likely N-dealkylation sites (tertiary alicyclic amines) is 1. The van der Waals surface area contributed by atoms with Crippen molar-refractivity contribution < 1.29 is 28.1 Å². The van der Waals surface area contributed by atoms with Gasteiger partial charge in [-0.05, 0) is 56.5 Å². The molecule has 0 bridgehead atoms. The molecular weight excluding hydrogens is 501 g/mol. The summed E-state index contributed by atoms with van der Waals surface area (Å²) in [6.07, 6.45) is 4.87. The van der Waals surface area contributed by atoms with Gasteiger partial charge in [0.25, 0.3) is 0 Å². The second-order valence-corrected chi connectivity index (χ2v) is 10.9. The Hall–Kier alpha value is -3.40. The van der Waals surface area contributed by atoms with Crippen molar-refractivity contribution in [3.05, 3.63) is 54.1 Å². The lowest BCUT2D eigenvalue weighted by molar-refractivity contribution is -0.182. The third-order valence-electron chi connectivity index (χ3n) is 8.29. The average Bonchev–Trinajstić information content (AvgIpc) is 3.26. The van der Waals surface area contributed by atoms with Gasteiger partial charge in [-0.15, -0.1) is 0 Å². The van der Waals surface area contributed by atoms with Crippen molar-refractivity contribution in [3.8, 4) is 23.0 Å². The zero-order valence-corrected chi connectivity index (χ0v) is 22.2. The van der Waals surface area contributed by atoms with E-state index in [4.69, 9.17) is 23.7 Å². The Kier molecular flexibility index (Phi) is 5.91. The Balaban J connectivity index is 1.05. The van der Waals surface area contributed by atoms with E-state index in [0.717, 1.165) is 37.3 Å². The largest absolute Gasteiger partial charge is 0.493 e. The smallest absolute Gasteiger partial charge is 0.188 e. The minimum absolute atomic E-state index is 0.151. The highest BCUT2D eigenvalue weighted by molar-refractivity contribution is 5.89. The molecule has 4 heterocycles. The normalized spacial score (nSPS) is 19.5. The summed E-state index contributed by atoms with van der Waals surface area (Å²) < 4.78 is 45.2. The molecule has 39 heavy (non-hydrogen) atoms. The first kappa shape index (κ1) is 24.6. The van der Waals surface area contributed by atoms with Crippen LogP contribution in [0, 0.1) is 18.2 Å². The molecule has 2 saturated heterocycles. The predicted octanol–water partition coefficient (Wildman–Crippen LogP) is 5.57. The molecule has 3 fully saturated rings. The molecule has 9 heteroatoms. The van der Waals surface area contributed by atoms with E-state index in [1.807, 2.05) is 25.1 Å². The number of rotatable bonds is 8. The number of nitrogens with zero attached hydrogens (tertiary/aromatic N) is 2. The predicted molar refractivity (Wildman–Crippen MR) is 144 cm³/mol. The summed E-state index contributed by atoms with van der Waals surface area (Å²) in [4.78, 5) is 10.1. The first-order valence-electron chi connectivity index (χ1n) is 13.5. The molecular formula is C30H32FN3O5. The maximum Gasteiger partial charge on any atom is 0.188 e. The summed E-state index contributed by atoms with van der Waals surface area (Å²) in [5, 5.41) is 1.21. The van der Waals surface area contributed by atoms with Gasteiger partial charge < -0.3 is 28.7 Å². The van der Waals surface area contributed by atoms with Crippen LogP contribution in [0.15, 0.2) is 42.6 Å². The van der Waals surface area contributed by atoms with E-state index in [1.54, 1.807) is 31.5 Å². The number of aromatic nitrogens is 2. The van der Waals surface area contributed by atoms with Gasteiger partial charge in [-0.2, -0.15) is 0 Å². The molecule has 3 aliphatic rings. The summed E-state index contributed by atoms with van der Waals surface area (Å²) in [7, 11) is 1.60. The standard InChI is InChI=1S/C30H32FN3O5/c1-19-14-21-22(33-19)4-5-25(28(21)31)39-24-6-9-32-23-16-27(26(35-2)15-20(23)24)36-11-3-10-34-17-29(7-8-29)30(18-34)37-12-13-38-30/h4-6,9,14-16,33H,3,7-8,10-13,17-18H2,1-2H3. The zero-order chi connectivity index (χ0) is 26.6. The van der Waals surface area contributed by atoms with Gasteiger partial charge in [0.15, 0.2) is 28.9 Å². The van der Waals surface area contributed by atoms with Crippen LogP contribution in [0.3, 0.4) is 0 Å². The van der Waals surface area contributed by atoms with Crippen LogP contribution in [-0.2, 0) is 9.47 Å². The van der Waals surface area contributed by atoms with E-state index in [0.29, 0.717) is 53.4 Å². The first-order chi connectivity index (χ1) is 19.0. The number of methoxy groups -OCH3 is 1. The number of H-pyrrole nitrogens is 1. The van der Waals surface area contributed by atoms with Gasteiger partial charge in [0, 0.05) is 52.8 Å². The van der Waals surface area contributed by atoms with Gasteiger partial charge in [-0.1, -0.05) is 0 Å². The minimum atomic E-state index is -0.406. The lowest BCUT2D eigenvalue weighted by Gasteiger charge is -2.28. The van der Waals surface area contributed by atoms with Gasteiger partial charge in [0.1, 0.15) is 5.75 Å². The molecule has 0 unspecified atom stereocenters. The number of fused-ring (bicyclic) bond motifs is 3. The third kappa shape index (κ3) is 4.20. The molecule has 7 rings (SSSR count). The highest BCUT2D eigenvalue weighted by Gasteiger charge is 2.67. The molecule has 2 aliphatic heterocycles. The Labute approximate surface area is 226 Å². The fraction of sp³-hybridized carbons (Fsp3) is 0.433. The van der Waals surface area contributed by atoms with E-state index in [9.17, 15) is 0 Å². The fourth-order valence-corrected chi connectivity index (χ4v) is 6.21. The number of pyridine rings is 1. The van der Waals surface area contributed by atoms with Crippen molar-refractivity contribution in [3.63, 3.8) is 0 Å². The fourth-order valence-electron chi connectivity index (χ4n) is 6.21. The van der Waals surface area contributed by atoms with Crippen molar-refractivity contribution in [2.45, 2.75) is 32.0 Å². The van der Waals surface area contributed by atoms with Gasteiger partial charge >= 0.3 is 0 Å². The van der Waals surface area contributed by atoms with E-state index < -0.39 is 11.6 Å². The Bertz CT molecular complexity index is 1540. The molecule has 0 amide bonds. The van der Waals surface area contributed by atoms with Gasteiger partial charge in [-0.3, -0.25) is 9.88 Å². The lowest BCUT2D eigenvalue weighted by Crippen LogP contribution is -2.40. The summed E-state index contributed by atoms with van der Waals surface area (Å²) >= 11 is 0. The van der Waals surface area contributed by atoms with Crippen LogP contribution in [0.5, 0.6) is 23.0 Å². The molecule has 2 aromatic carbocycles. The highest BCUT2D eigenvalue weighted by Crippen LogP contribution is 2.61. The van der Waals surface area contributed by atoms with Crippen LogP contribution in [0.4, 0.5) is 4.39 Å². The molecule has 1 saturated carbocycles. The molecule has 2 aromatic heterocycles. The van der Waals surface area contributed by atoms with Crippen LogP contribution in [0.1, 0.15) is 25.0 Å². The number of aromatic amines is 1. The number of halogens is 1. The maximum atomic E-state index is 15.2. The molecule has 8 nitrogen and oxygen atoms in total. The van der Waals surface area contributed by atoms with E-state index in [1.165, 1.54) is 12.8 Å². The van der Waals surface area contributed by atoms with E-state index in [-0.39, 0.29) is 11.2 Å². The Morgan fingerprint density at radius 2 is 1.85 bits per heavy atom. The molecule has 1 N–H and O–H groups in total. The molecule has 0 radical (unpaired) electrons. The molecule has 4 aromatic rings. The number of aryl methyl sites for hydroxylation is 1. The summed E-state index contributed by atoms with van der Waals surface area (Å²) in [6, 6.07) is 10.6. The SMILES string of the molecule is COc1cc2c(Oc3ccc4[nH]c(C)cc4c3F)ccnc2cc1OCCCN1CC2(CC2)C2(C1)OCCO2. The van der Waals surface area contributed by atoms with Crippen LogP contribution in [0.25, 0.3) is 21.8 Å². The van der Waals surface area contributed by atoms with Crippen molar-refractivity contribution >= 4 is 21.8 Å². The third-order valence-corrected chi connectivity index (χ3v) is 8.29. The van der Waals surface area contributed by atoms with Crippen LogP contribution < -0.4 is 14.2 Å². The van der Waals surface area contributed by atoms with Crippen molar-refractivity contribution in [2.75, 3.05) is 46.6 Å². The van der Waals surface area contributed by atoms with Crippen molar-refractivity contribution in [1.82, 2.24) is 14.9 Å². The molecule has 2 spiro atoms. The Morgan fingerprint density at radius 3 is 2.64 bits per heavy atom. The summed E-state index contributed by atoms with van der Waals surface area (Å²) in [5.41, 5.74) is 2.49. The monoisotopic (exact) mass is 533 g/mol. The quantitative estimate of drug-likeness (QED) is 0.297. The second-order valence-electron chi connectivity index (χ2n) is 10.9. The van der Waals surface area contributed by atoms with Crippen LogP contribution >= 0.6 is 0 Å². The average molecular weight is 534 g/mol. The first-order valence-corrected chi connectivity index (χ1v) is 13.5. The topological polar surface area (TPSA) is 78.1 Å². The zero-order valence-electron chi connectivity index (χ0n) is 22.2. The number of ether oxygens (including phenoxy) is 5. The highest BCUT2D eigenvalue weighted by atomic mass is 19.1. The summed E-state index contributed by atoms with van der Waals surface area (Å²) in [5.74, 6) is 1.03. The van der Waals surface area contributed by atoms with Crippen LogP contribution in [-0.4, -0.2) is 67.2 Å². The second kappa shape index (κ2) is 9.36. The minimum Gasteiger partial charge on any atom is -0.493 e. The van der Waals surface area contributed by atoms with Crippen molar-refractivity contribution in [1.29, 1.82) is 0 Å². The number of hydrogen-bond acceptors (Lipinski definition) is 7. The number of benzene rings is 2. The van der Waals surface area contributed by atoms with Gasteiger partial charge in [0.05, 0.1) is 39.0 Å². The Morgan fingerprint density at radius 1 is 1.00 bits per heavy atom. The maximum absolute atomic E-state index is 15.2.